The molecule has 0 bridgehead atoms. The predicted octanol–water partition coefficient (Wildman–Crippen LogP) is 5.29. The molecular formula is C14H8BrFOS2. The van der Waals surface area contributed by atoms with Crippen LogP contribution < -0.4 is 0 Å². The van der Waals surface area contributed by atoms with Crippen molar-refractivity contribution in [1.29, 1.82) is 0 Å². The summed E-state index contributed by atoms with van der Waals surface area (Å²) in [6.45, 7) is 0. The minimum absolute atomic E-state index is 0.0701. The van der Waals surface area contributed by atoms with E-state index in [1.165, 1.54) is 23.5 Å². The minimum Gasteiger partial charge on any atom is -0.293 e. The summed E-state index contributed by atoms with van der Waals surface area (Å²) in [7, 11) is 0. The van der Waals surface area contributed by atoms with E-state index >= 15 is 0 Å². The monoisotopic (exact) mass is 354 g/mol. The van der Waals surface area contributed by atoms with Crippen LogP contribution in [0.15, 0.2) is 40.2 Å². The van der Waals surface area contributed by atoms with E-state index in [2.05, 4.69) is 15.9 Å². The lowest BCUT2D eigenvalue weighted by Crippen LogP contribution is -2.02. The smallest absolute Gasteiger partial charge is 0.177 e. The molecule has 19 heavy (non-hydrogen) atoms. The van der Waals surface area contributed by atoms with Crippen LogP contribution in [-0.2, 0) is 6.42 Å². The maximum Gasteiger partial charge on any atom is 0.177 e. The number of ketones is 1. The highest BCUT2D eigenvalue weighted by Crippen LogP contribution is 2.31. The largest absolute Gasteiger partial charge is 0.293 e. The summed E-state index contributed by atoms with van der Waals surface area (Å²) in [5.41, 5.74) is 0.808. The third-order valence-electron chi connectivity index (χ3n) is 2.78. The molecule has 2 aromatic heterocycles. The Bertz CT molecular complexity index is 731. The SMILES string of the molecule is O=C(Cc1ccc(F)cc1Br)c1cc2sccc2s1. The fourth-order valence-electron chi connectivity index (χ4n) is 1.83. The van der Waals surface area contributed by atoms with E-state index in [4.69, 9.17) is 0 Å². The zero-order valence-corrected chi connectivity index (χ0v) is 12.9. The fourth-order valence-corrected chi connectivity index (χ4v) is 4.37. The van der Waals surface area contributed by atoms with E-state index in [0.717, 1.165) is 19.8 Å². The van der Waals surface area contributed by atoms with Gasteiger partial charge in [-0.2, -0.15) is 0 Å². The highest BCUT2D eigenvalue weighted by molar-refractivity contribution is 9.10. The van der Waals surface area contributed by atoms with Crippen LogP contribution in [0.3, 0.4) is 0 Å². The first-order chi connectivity index (χ1) is 9.13. The second kappa shape index (κ2) is 5.15. The van der Waals surface area contributed by atoms with Crippen molar-refractivity contribution in [3.63, 3.8) is 0 Å². The molecule has 0 saturated carbocycles. The van der Waals surface area contributed by atoms with Crippen LogP contribution in [0.25, 0.3) is 9.40 Å². The summed E-state index contributed by atoms with van der Waals surface area (Å²) >= 11 is 6.44. The van der Waals surface area contributed by atoms with E-state index < -0.39 is 0 Å². The van der Waals surface area contributed by atoms with Gasteiger partial charge in [-0.3, -0.25) is 4.79 Å². The molecule has 0 aliphatic heterocycles. The van der Waals surface area contributed by atoms with Crippen LogP contribution in [0.5, 0.6) is 0 Å². The third-order valence-corrected chi connectivity index (χ3v) is 5.65. The van der Waals surface area contributed by atoms with E-state index in [1.807, 2.05) is 17.5 Å². The topological polar surface area (TPSA) is 17.1 Å². The van der Waals surface area contributed by atoms with E-state index in [9.17, 15) is 9.18 Å². The number of rotatable bonds is 3. The predicted molar refractivity (Wildman–Crippen MR) is 81.8 cm³/mol. The van der Waals surface area contributed by atoms with Gasteiger partial charge in [-0.1, -0.05) is 22.0 Å². The lowest BCUT2D eigenvalue weighted by molar-refractivity contribution is 0.0996. The standard InChI is InChI=1S/C14H8BrFOS2/c15-10-6-9(16)2-1-8(10)5-11(17)13-7-14-12(19-13)3-4-18-14/h1-4,6-7H,5H2. The molecule has 0 radical (unpaired) electrons. The number of thiophene rings is 2. The number of halogens is 2. The molecule has 2 heterocycles. The van der Waals surface area contributed by atoms with Gasteiger partial charge in [-0.15, -0.1) is 22.7 Å². The Balaban J connectivity index is 1.86. The van der Waals surface area contributed by atoms with Crippen molar-refractivity contribution < 1.29 is 9.18 Å². The summed E-state index contributed by atoms with van der Waals surface area (Å²) in [5.74, 6) is -0.236. The number of benzene rings is 1. The second-order valence-electron chi connectivity index (χ2n) is 4.10. The molecule has 0 spiro atoms. The summed E-state index contributed by atoms with van der Waals surface area (Å²) in [5, 5.41) is 2.02. The fraction of sp³-hybridized carbons (Fsp3) is 0.0714. The molecule has 0 N–H and O–H groups in total. The Morgan fingerprint density at radius 3 is 2.79 bits per heavy atom. The van der Waals surface area contributed by atoms with Crippen LogP contribution in [-0.4, -0.2) is 5.78 Å². The third kappa shape index (κ3) is 2.63. The minimum atomic E-state index is -0.306. The van der Waals surface area contributed by atoms with Gasteiger partial charge in [0.05, 0.1) is 4.88 Å². The van der Waals surface area contributed by atoms with Crippen molar-refractivity contribution in [1.82, 2.24) is 0 Å². The van der Waals surface area contributed by atoms with Crippen LogP contribution in [0.2, 0.25) is 0 Å². The Labute approximate surface area is 125 Å². The summed E-state index contributed by atoms with van der Waals surface area (Å²) in [6, 6.07) is 8.36. The Hall–Kier alpha value is -1.04. The molecule has 1 aromatic carbocycles. The van der Waals surface area contributed by atoms with E-state index in [-0.39, 0.29) is 18.0 Å². The van der Waals surface area contributed by atoms with Crippen LogP contribution in [0.1, 0.15) is 15.2 Å². The average molecular weight is 355 g/mol. The summed E-state index contributed by atoms with van der Waals surface area (Å²) in [6.07, 6.45) is 0.286. The number of carbonyl (C=O) groups excluding carboxylic acids is 1. The van der Waals surface area contributed by atoms with Gasteiger partial charge in [0.25, 0.3) is 0 Å². The molecule has 0 aliphatic rings. The molecule has 5 heteroatoms. The van der Waals surface area contributed by atoms with Crippen molar-refractivity contribution in [3.05, 3.63) is 56.4 Å². The van der Waals surface area contributed by atoms with Crippen LogP contribution in [0, 0.1) is 5.82 Å². The molecule has 96 valence electrons. The first kappa shape index (κ1) is 13.0. The first-order valence-corrected chi connectivity index (χ1v) is 8.06. The van der Waals surface area contributed by atoms with Gasteiger partial charge in [0, 0.05) is 20.3 Å². The number of carbonyl (C=O) groups is 1. The highest BCUT2D eigenvalue weighted by Gasteiger charge is 2.13. The zero-order valence-electron chi connectivity index (χ0n) is 9.65. The van der Waals surface area contributed by atoms with Gasteiger partial charge < -0.3 is 0 Å². The molecule has 3 aromatic rings. The molecule has 0 saturated heterocycles. The zero-order chi connectivity index (χ0) is 13.4. The quantitative estimate of drug-likeness (QED) is 0.584. The Morgan fingerprint density at radius 2 is 2.05 bits per heavy atom. The van der Waals surface area contributed by atoms with Crippen molar-refractivity contribution in [2.75, 3.05) is 0 Å². The average Bonchev–Trinajstić information content (AvgIpc) is 2.93. The normalized spacial score (nSPS) is 11.1. The van der Waals surface area contributed by atoms with Gasteiger partial charge in [0.2, 0.25) is 0 Å². The summed E-state index contributed by atoms with van der Waals surface area (Å²) in [4.78, 5) is 13.0. The first-order valence-electron chi connectivity index (χ1n) is 5.57. The molecule has 0 fully saturated rings. The highest BCUT2D eigenvalue weighted by atomic mass is 79.9. The lowest BCUT2D eigenvalue weighted by atomic mass is 10.1. The number of hydrogen-bond acceptors (Lipinski definition) is 3. The second-order valence-corrected chi connectivity index (χ2v) is 6.98. The molecule has 0 atom stereocenters. The van der Waals surface area contributed by atoms with Gasteiger partial charge in [0.1, 0.15) is 5.82 Å². The molecule has 0 aliphatic carbocycles. The van der Waals surface area contributed by atoms with Gasteiger partial charge in [-0.25, -0.2) is 4.39 Å². The van der Waals surface area contributed by atoms with Crippen molar-refractivity contribution in [3.8, 4) is 0 Å². The van der Waals surface area contributed by atoms with Crippen LogP contribution in [0.4, 0.5) is 4.39 Å². The van der Waals surface area contributed by atoms with Crippen molar-refractivity contribution in [2.45, 2.75) is 6.42 Å². The lowest BCUT2D eigenvalue weighted by Gasteiger charge is -2.02. The van der Waals surface area contributed by atoms with E-state index in [0.29, 0.717) is 4.47 Å². The molecular weight excluding hydrogens is 347 g/mol. The molecule has 0 amide bonds. The van der Waals surface area contributed by atoms with Gasteiger partial charge >= 0.3 is 0 Å². The summed E-state index contributed by atoms with van der Waals surface area (Å²) < 4.78 is 15.9. The number of hydrogen-bond donors (Lipinski definition) is 0. The molecule has 0 unspecified atom stereocenters. The van der Waals surface area contributed by atoms with Crippen molar-refractivity contribution in [2.24, 2.45) is 0 Å². The maximum atomic E-state index is 13.0. The Morgan fingerprint density at radius 1 is 1.21 bits per heavy atom. The Kier molecular flexibility index (Phi) is 3.52. The molecule has 1 nitrogen and oxygen atoms in total. The maximum absolute atomic E-state index is 13.0. The van der Waals surface area contributed by atoms with Gasteiger partial charge in [-0.05, 0) is 35.2 Å². The molecule has 3 rings (SSSR count). The van der Waals surface area contributed by atoms with Crippen LogP contribution >= 0.6 is 38.6 Å². The van der Waals surface area contributed by atoms with E-state index in [1.54, 1.807) is 17.4 Å². The number of fused-ring (bicyclic) bond motifs is 1. The number of Topliss-reactive ketones (excluding diaryl/α,β-unsaturated/α-hetero) is 1. The van der Waals surface area contributed by atoms with Gasteiger partial charge in [0.15, 0.2) is 5.78 Å². The van der Waals surface area contributed by atoms with Crippen molar-refractivity contribution >= 4 is 53.8 Å².